The number of phosphoric acid groups is 1. The zero-order valence-electron chi connectivity index (χ0n) is 13.6. The van der Waals surface area contributed by atoms with Crippen molar-refractivity contribution in [3.8, 4) is 0 Å². The van der Waals surface area contributed by atoms with Gasteiger partial charge in [0.05, 0.1) is 19.0 Å². The van der Waals surface area contributed by atoms with Crippen molar-refractivity contribution in [3.63, 3.8) is 0 Å². The van der Waals surface area contributed by atoms with Crippen LogP contribution in [0.3, 0.4) is 0 Å². The van der Waals surface area contributed by atoms with Gasteiger partial charge < -0.3 is 10.5 Å². The van der Waals surface area contributed by atoms with Crippen LogP contribution in [-0.4, -0.2) is 44.4 Å². The number of hydrogen-bond acceptors (Lipinski definition) is 9. The van der Waals surface area contributed by atoms with E-state index in [1.807, 2.05) is 0 Å². The lowest BCUT2D eigenvalue weighted by Gasteiger charge is -2.30. The molecule has 2 fully saturated rings. The van der Waals surface area contributed by atoms with Gasteiger partial charge in [0.25, 0.3) is 5.56 Å². The van der Waals surface area contributed by atoms with Crippen LogP contribution in [0.5, 0.6) is 0 Å². The van der Waals surface area contributed by atoms with Gasteiger partial charge in [-0.2, -0.15) is 4.98 Å². The van der Waals surface area contributed by atoms with Crippen LogP contribution >= 0.6 is 7.82 Å². The van der Waals surface area contributed by atoms with Crippen molar-refractivity contribution in [1.82, 2.24) is 19.5 Å². The molecule has 2 unspecified atom stereocenters. The van der Waals surface area contributed by atoms with E-state index in [9.17, 15) is 9.36 Å². The Labute approximate surface area is 142 Å². The number of imidazole rings is 1. The van der Waals surface area contributed by atoms with Crippen molar-refractivity contribution in [2.75, 3.05) is 12.3 Å². The second-order valence-corrected chi connectivity index (χ2v) is 7.76. The monoisotopic (exact) mass is 371 g/mol. The fourth-order valence-electron chi connectivity index (χ4n) is 2.96. The number of H-pyrrole nitrogens is 1. The number of fused-ring (bicyclic) bond motifs is 2. The summed E-state index contributed by atoms with van der Waals surface area (Å²) in [5.41, 5.74) is 5.66. The number of nitrogens with zero attached hydrogens (tertiary/aromatic N) is 3. The number of nitrogens with one attached hydrogen (secondary N) is 1. The number of anilines is 1. The maximum absolute atomic E-state index is 12.5. The zero-order valence-corrected chi connectivity index (χ0v) is 14.5. The predicted octanol–water partition coefficient (Wildman–Crippen LogP) is 0.938. The number of phosphoric ester groups is 1. The summed E-state index contributed by atoms with van der Waals surface area (Å²) in [4.78, 5) is 22.4. The molecule has 25 heavy (non-hydrogen) atoms. The number of nitrogen functional groups attached to an aromatic ring is 1. The first kappa shape index (κ1) is 16.7. The van der Waals surface area contributed by atoms with Gasteiger partial charge in [-0.1, -0.05) is 0 Å². The van der Waals surface area contributed by atoms with Crippen molar-refractivity contribution in [2.24, 2.45) is 0 Å². The van der Waals surface area contributed by atoms with E-state index in [-0.39, 0.29) is 24.2 Å². The zero-order chi connectivity index (χ0) is 17.8. The summed E-state index contributed by atoms with van der Waals surface area (Å²) in [6, 6.07) is 0. The Morgan fingerprint density at radius 3 is 3.04 bits per heavy atom. The minimum Gasteiger partial charge on any atom is -0.369 e. The summed E-state index contributed by atoms with van der Waals surface area (Å²) in [7, 11) is -3.60. The Bertz CT molecular complexity index is 910. The van der Waals surface area contributed by atoms with E-state index < -0.39 is 31.8 Å². The average Bonchev–Trinajstić information content (AvgIpc) is 3.08. The smallest absolute Gasteiger partial charge is 0.369 e. The molecule has 11 nitrogen and oxygen atoms in total. The molecule has 2 saturated heterocycles. The molecule has 0 radical (unpaired) electrons. The summed E-state index contributed by atoms with van der Waals surface area (Å²) >= 11 is 0. The third-order valence-electron chi connectivity index (χ3n) is 3.94. The second kappa shape index (κ2) is 5.89. The van der Waals surface area contributed by atoms with Gasteiger partial charge in [0.15, 0.2) is 11.2 Å². The molecule has 136 valence electrons. The van der Waals surface area contributed by atoms with Crippen LogP contribution in [0.1, 0.15) is 26.5 Å². The maximum atomic E-state index is 12.5. The summed E-state index contributed by atoms with van der Waals surface area (Å²) in [5, 5.41) is 0. The van der Waals surface area contributed by atoms with Gasteiger partial charge in [-0.15, -0.1) is 0 Å². The number of aromatic nitrogens is 4. The van der Waals surface area contributed by atoms with Gasteiger partial charge in [0.2, 0.25) is 5.95 Å². The molecular weight excluding hydrogens is 353 g/mol. The number of aromatic amines is 1. The molecule has 0 bridgehead atoms. The van der Waals surface area contributed by atoms with Crippen molar-refractivity contribution in [3.05, 3.63) is 16.7 Å². The second-order valence-electron chi connectivity index (χ2n) is 6.18. The molecule has 2 aliphatic heterocycles. The van der Waals surface area contributed by atoms with E-state index in [4.69, 9.17) is 24.0 Å². The van der Waals surface area contributed by atoms with Crippen molar-refractivity contribution < 1.29 is 22.9 Å². The molecule has 12 heteroatoms. The predicted molar refractivity (Wildman–Crippen MR) is 85.7 cm³/mol. The first-order chi connectivity index (χ1) is 11.8. The van der Waals surface area contributed by atoms with Gasteiger partial charge in [0, 0.05) is 6.42 Å². The van der Waals surface area contributed by atoms with Crippen LogP contribution in [0.2, 0.25) is 0 Å². The highest BCUT2D eigenvalue weighted by molar-refractivity contribution is 7.48. The first-order valence-corrected chi connectivity index (χ1v) is 9.30. The fraction of sp³-hybridized carbons (Fsp3) is 0.615. The highest BCUT2D eigenvalue weighted by Gasteiger charge is 2.48. The molecule has 2 aromatic rings. The van der Waals surface area contributed by atoms with Crippen LogP contribution in [0.4, 0.5) is 5.95 Å². The lowest BCUT2D eigenvalue weighted by Crippen LogP contribution is -2.33. The summed E-state index contributed by atoms with van der Waals surface area (Å²) in [5.74, 6) is -0.0101. The fourth-order valence-corrected chi connectivity index (χ4v) is 4.53. The molecule has 0 amide bonds. The van der Waals surface area contributed by atoms with E-state index in [1.54, 1.807) is 18.4 Å². The summed E-state index contributed by atoms with van der Waals surface area (Å²) in [6.45, 7) is 3.59. The molecule has 0 aromatic carbocycles. The average molecular weight is 371 g/mol. The minimum absolute atomic E-state index is 0.0101. The third kappa shape index (κ3) is 2.98. The molecule has 2 aliphatic rings. The van der Waals surface area contributed by atoms with Gasteiger partial charge in [-0.05, 0) is 13.8 Å². The number of rotatable bonds is 3. The molecule has 0 spiro atoms. The van der Waals surface area contributed by atoms with Crippen LogP contribution in [-0.2, 0) is 22.9 Å². The van der Waals surface area contributed by atoms with E-state index in [2.05, 4.69) is 15.0 Å². The first-order valence-electron chi connectivity index (χ1n) is 7.84. The van der Waals surface area contributed by atoms with E-state index in [0.717, 1.165) is 0 Å². The van der Waals surface area contributed by atoms with Crippen LogP contribution < -0.4 is 11.3 Å². The van der Waals surface area contributed by atoms with Crippen LogP contribution in [0, 0.1) is 0 Å². The van der Waals surface area contributed by atoms with Crippen molar-refractivity contribution in [2.45, 2.75) is 44.8 Å². The molecule has 2 aromatic heterocycles. The van der Waals surface area contributed by atoms with Gasteiger partial charge >= 0.3 is 7.82 Å². The third-order valence-corrected chi connectivity index (χ3v) is 5.62. The molecule has 0 aliphatic carbocycles. The van der Waals surface area contributed by atoms with E-state index in [0.29, 0.717) is 12.1 Å². The summed E-state index contributed by atoms with van der Waals surface area (Å²) in [6.07, 6.45) is 0.193. The SMILES string of the molecule is CC(C)OP1(=O)OCC2O[C@@H](n3cnc4c(=O)[nH]c(N)nc43)C[C@@H]2O1. The lowest BCUT2D eigenvalue weighted by atomic mass is 10.2. The Balaban J connectivity index is 1.59. The Morgan fingerprint density at radius 2 is 2.28 bits per heavy atom. The number of ether oxygens (including phenoxy) is 1. The van der Waals surface area contributed by atoms with Crippen LogP contribution in [0.15, 0.2) is 11.1 Å². The largest absolute Gasteiger partial charge is 0.475 e. The Kier molecular flexibility index (Phi) is 3.93. The molecule has 4 atom stereocenters. The van der Waals surface area contributed by atoms with Crippen molar-refractivity contribution in [1.29, 1.82) is 0 Å². The molecular formula is C13H18N5O6P. The standard InChI is InChI=1S/C13H18N5O6P/c1-6(2)23-25(20)21-4-8-7(24-25)3-9(22-8)18-5-15-10-11(18)16-13(14)17-12(10)19/h5-9H,3-4H2,1-2H3,(H3,14,16,17,19)/t7-,8?,9+,25?/m0/s1. The lowest BCUT2D eigenvalue weighted by molar-refractivity contribution is -0.0733. The molecule has 3 N–H and O–H groups in total. The van der Waals surface area contributed by atoms with Gasteiger partial charge in [-0.3, -0.25) is 27.9 Å². The molecule has 4 heterocycles. The summed E-state index contributed by atoms with van der Waals surface area (Å²) < 4.78 is 36.0. The Hall–Kier alpha value is -1.78. The highest BCUT2D eigenvalue weighted by Crippen LogP contribution is 2.57. The maximum Gasteiger partial charge on any atom is 0.475 e. The Morgan fingerprint density at radius 1 is 1.48 bits per heavy atom. The minimum atomic E-state index is -3.60. The quantitative estimate of drug-likeness (QED) is 0.753. The van der Waals surface area contributed by atoms with Gasteiger partial charge in [0.1, 0.15) is 18.4 Å². The normalized spacial score (nSPS) is 32.4. The number of nitrogens with two attached hydrogens (primary N) is 1. The molecule has 0 saturated carbocycles. The molecule has 4 rings (SSSR count). The van der Waals surface area contributed by atoms with Gasteiger partial charge in [-0.25, -0.2) is 9.55 Å². The topological polar surface area (TPSA) is 144 Å². The van der Waals surface area contributed by atoms with Crippen LogP contribution in [0.25, 0.3) is 11.2 Å². The van der Waals surface area contributed by atoms with Crippen molar-refractivity contribution >= 4 is 24.9 Å². The van der Waals surface area contributed by atoms with E-state index in [1.165, 1.54) is 6.33 Å². The van der Waals surface area contributed by atoms with E-state index >= 15 is 0 Å². The number of hydrogen-bond donors (Lipinski definition) is 2. The highest BCUT2D eigenvalue weighted by atomic mass is 31.2.